The van der Waals surface area contributed by atoms with Crippen LogP contribution in [0.15, 0.2) is 54.4 Å². The van der Waals surface area contributed by atoms with Gasteiger partial charge in [0.15, 0.2) is 0 Å². The molecular weight excluding hydrogens is 250 g/mol. The van der Waals surface area contributed by atoms with Gasteiger partial charge in [-0.05, 0) is 29.3 Å². The van der Waals surface area contributed by atoms with Crippen LogP contribution in [0.2, 0.25) is 0 Å². The minimum absolute atomic E-state index is 0.0455. The zero-order valence-corrected chi connectivity index (χ0v) is 11.0. The summed E-state index contributed by atoms with van der Waals surface area (Å²) in [6.07, 6.45) is 5.41. The first-order valence-corrected chi connectivity index (χ1v) is 6.53. The number of carbonyl (C=O) groups is 1. The van der Waals surface area contributed by atoms with Crippen LogP contribution in [-0.4, -0.2) is 17.4 Å². The average Bonchev–Trinajstić information content (AvgIpc) is 2.53. The minimum Gasteiger partial charge on any atom is -0.380 e. The van der Waals surface area contributed by atoms with Gasteiger partial charge in [0, 0.05) is 36.7 Å². The fourth-order valence-corrected chi connectivity index (χ4v) is 2.16. The third-order valence-electron chi connectivity index (χ3n) is 3.23. The Labute approximate surface area is 117 Å². The highest BCUT2D eigenvalue weighted by atomic mass is 16.1. The molecule has 0 aliphatic carbocycles. The van der Waals surface area contributed by atoms with Gasteiger partial charge in [-0.3, -0.25) is 9.78 Å². The second kappa shape index (κ2) is 5.57. The van der Waals surface area contributed by atoms with Gasteiger partial charge in [-0.25, -0.2) is 0 Å². The van der Waals surface area contributed by atoms with E-state index in [0.717, 1.165) is 22.4 Å². The number of carbonyl (C=O) groups excluding carboxylic acids is 1. The molecule has 20 heavy (non-hydrogen) atoms. The lowest BCUT2D eigenvalue weighted by atomic mass is 10.0. The van der Waals surface area contributed by atoms with Crippen molar-refractivity contribution in [1.29, 1.82) is 0 Å². The molecule has 0 saturated carbocycles. The molecule has 0 fully saturated rings. The molecule has 2 heterocycles. The van der Waals surface area contributed by atoms with E-state index in [0.29, 0.717) is 13.1 Å². The van der Waals surface area contributed by atoms with Crippen LogP contribution in [0.5, 0.6) is 0 Å². The molecule has 1 aromatic carbocycles. The molecule has 3 rings (SSSR count). The van der Waals surface area contributed by atoms with Gasteiger partial charge in [0.2, 0.25) is 5.91 Å². The summed E-state index contributed by atoms with van der Waals surface area (Å²) >= 11 is 0. The maximum atomic E-state index is 12.1. The Morgan fingerprint density at radius 2 is 2.15 bits per heavy atom. The predicted molar refractivity (Wildman–Crippen MR) is 79.0 cm³/mol. The number of hydrogen-bond donors (Lipinski definition) is 2. The highest BCUT2D eigenvalue weighted by molar-refractivity contribution is 6.00. The number of nitrogens with one attached hydrogen (secondary N) is 2. The van der Waals surface area contributed by atoms with Crippen LogP contribution < -0.4 is 10.6 Å². The summed E-state index contributed by atoms with van der Waals surface area (Å²) in [5, 5.41) is 6.16. The van der Waals surface area contributed by atoms with Crippen molar-refractivity contribution in [2.24, 2.45) is 0 Å². The molecule has 2 N–H and O–H groups in total. The third kappa shape index (κ3) is 2.69. The highest BCUT2D eigenvalue weighted by Gasteiger charge is 2.14. The number of para-hydroxylation sites is 1. The molecule has 0 unspecified atom stereocenters. The first kappa shape index (κ1) is 12.4. The van der Waals surface area contributed by atoms with Crippen molar-refractivity contribution in [3.05, 3.63) is 65.5 Å². The van der Waals surface area contributed by atoms with E-state index in [1.807, 2.05) is 42.5 Å². The predicted octanol–water partition coefficient (Wildman–Crippen LogP) is 2.21. The molecular formula is C16H15N3O. The first-order chi connectivity index (χ1) is 9.83. The van der Waals surface area contributed by atoms with E-state index in [1.54, 1.807) is 12.4 Å². The van der Waals surface area contributed by atoms with Gasteiger partial charge in [-0.1, -0.05) is 24.3 Å². The molecule has 1 aromatic heterocycles. The Morgan fingerprint density at radius 1 is 1.25 bits per heavy atom. The van der Waals surface area contributed by atoms with Gasteiger partial charge < -0.3 is 10.6 Å². The largest absolute Gasteiger partial charge is 0.380 e. The number of benzene rings is 1. The van der Waals surface area contributed by atoms with E-state index in [4.69, 9.17) is 0 Å². The van der Waals surface area contributed by atoms with Crippen molar-refractivity contribution in [3.8, 4) is 0 Å². The lowest BCUT2D eigenvalue weighted by Crippen LogP contribution is -2.28. The zero-order valence-electron chi connectivity index (χ0n) is 11.0. The van der Waals surface area contributed by atoms with Crippen LogP contribution in [0, 0.1) is 0 Å². The number of amides is 1. The summed E-state index contributed by atoms with van der Waals surface area (Å²) < 4.78 is 0. The average molecular weight is 265 g/mol. The number of rotatable bonds is 3. The molecule has 1 aliphatic rings. The summed E-state index contributed by atoms with van der Waals surface area (Å²) in [6.45, 7) is 1.04. The number of aromatic nitrogens is 1. The normalized spacial score (nSPS) is 12.9. The Bertz CT molecular complexity index is 650. The van der Waals surface area contributed by atoms with Crippen LogP contribution in [0.3, 0.4) is 0 Å². The smallest absolute Gasteiger partial charge is 0.249 e. The number of hydrogen-bond acceptors (Lipinski definition) is 3. The van der Waals surface area contributed by atoms with E-state index in [9.17, 15) is 4.79 Å². The maximum absolute atomic E-state index is 12.1. The Morgan fingerprint density at radius 3 is 3.00 bits per heavy atom. The highest BCUT2D eigenvalue weighted by Crippen LogP contribution is 2.22. The van der Waals surface area contributed by atoms with E-state index in [1.165, 1.54) is 0 Å². The van der Waals surface area contributed by atoms with Gasteiger partial charge in [0.05, 0.1) is 0 Å². The third-order valence-corrected chi connectivity index (χ3v) is 3.23. The van der Waals surface area contributed by atoms with Crippen LogP contribution in [0.1, 0.15) is 11.1 Å². The second-order valence-electron chi connectivity index (χ2n) is 4.65. The zero-order chi connectivity index (χ0) is 13.8. The molecule has 1 amide bonds. The molecule has 4 nitrogen and oxygen atoms in total. The molecule has 2 aromatic rings. The molecule has 0 atom stereocenters. The van der Waals surface area contributed by atoms with Gasteiger partial charge in [-0.15, -0.1) is 0 Å². The van der Waals surface area contributed by atoms with Gasteiger partial charge in [-0.2, -0.15) is 0 Å². The summed E-state index contributed by atoms with van der Waals surface area (Å²) in [6, 6.07) is 11.8. The van der Waals surface area contributed by atoms with Crippen molar-refractivity contribution in [1.82, 2.24) is 10.3 Å². The fraction of sp³-hybridized carbons (Fsp3) is 0.125. The Hall–Kier alpha value is -2.62. The molecule has 100 valence electrons. The van der Waals surface area contributed by atoms with Crippen LogP contribution in [-0.2, 0) is 11.3 Å². The summed E-state index contributed by atoms with van der Waals surface area (Å²) in [5.41, 5.74) is 3.85. The number of pyridine rings is 1. The van der Waals surface area contributed by atoms with E-state index in [2.05, 4.69) is 15.6 Å². The fourth-order valence-electron chi connectivity index (χ4n) is 2.16. The summed E-state index contributed by atoms with van der Waals surface area (Å²) in [5.74, 6) is -0.0455. The lowest BCUT2D eigenvalue weighted by Gasteiger charge is -2.18. The van der Waals surface area contributed by atoms with Gasteiger partial charge in [0.1, 0.15) is 0 Å². The molecule has 1 aliphatic heterocycles. The number of nitrogens with zero attached hydrogens (tertiary/aromatic N) is 1. The van der Waals surface area contributed by atoms with E-state index >= 15 is 0 Å². The van der Waals surface area contributed by atoms with Crippen LogP contribution in [0.4, 0.5) is 5.69 Å². The number of fused-ring (bicyclic) bond motifs is 1. The van der Waals surface area contributed by atoms with Crippen LogP contribution >= 0.6 is 0 Å². The minimum atomic E-state index is -0.0455. The monoisotopic (exact) mass is 265 g/mol. The molecule has 0 radical (unpaired) electrons. The molecule has 0 spiro atoms. The lowest BCUT2D eigenvalue weighted by molar-refractivity contribution is -0.117. The Kier molecular flexibility index (Phi) is 3.46. The molecule has 0 bridgehead atoms. The van der Waals surface area contributed by atoms with E-state index < -0.39 is 0 Å². The topological polar surface area (TPSA) is 54.0 Å². The van der Waals surface area contributed by atoms with Crippen molar-refractivity contribution in [2.45, 2.75) is 6.54 Å². The second-order valence-corrected chi connectivity index (χ2v) is 4.65. The standard InChI is InChI=1S/C16H15N3O/c20-16(19-10-12-4-3-7-17-9-12)14-8-13-5-1-2-6-15(13)18-11-14/h1-9,18H,10-11H2,(H,19,20). The first-order valence-electron chi connectivity index (χ1n) is 6.53. The van der Waals surface area contributed by atoms with Gasteiger partial charge in [0.25, 0.3) is 0 Å². The quantitative estimate of drug-likeness (QED) is 0.894. The van der Waals surface area contributed by atoms with Crippen molar-refractivity contribution >= 4 is 17.7 Å². The number of anilines is 1. The SMILES string of the molecule is O=C(NCc1cccnc1)C1=Cc2ccccc2NC1. The summed E-state index contributed by atoms with van der Waals surface area (Å²) in [7, 11) is 0. The van der Waals surface area contributed by atoms with E-state index in [-0.39, 0.29) is 5.91 Å². The summed E-state index contributed by atoms with van der Waals surface area (Å²) in [4.78, 5) is 16.2. The van der Waals surface area contributed by atoms with Crippen molar-refractivity contribution in [3.63, 3.8) is 0 Å². The molecule has 4 heteroatoms. The van der Waals surface area contributed by atoms with Crippen molar-refractivity contribution in [2.75, 3.05) is 11.9 Å². The van der Waals surface area contributed by atoms with Crippen LogP contribution in [0.25, 0.3) is 6.08 Å². The van der Waals surface area contributed by atoms with Crippen molar-refractivity contribution < 1.29 is 4.79 Å². The molecule has 0 saturated heterocycles. The van der Waals surface area contributed by atoms with Gasteiger partial charge >= 0.3 is 0 Å². The maximum Gasteiger partial charge on any atom is 0.249 e. The Balaban J connectivity index is 1.68.